The van der Waals surface area contributed by atoms with Gasteiger partial charge in [-0.3, -0.25) is 4.79 Å². The van der Waals surface area contributed by atoms with Gasteiger partial charge in [-0.1, -0.05) is 64.7 Å². The number of unbranched alkanes of at least 4 members (excludes halogenated alkanes) is 8. The van der Waals surface area contributed by atoms with Gasteiger partial charge in [0.15, 0.2) is 0 Å². The molecule has 0 saturated carbocycles. The van der Waals surface area contributed by atoms with Crippen LogP contribution in [0.4, 0.5) is 0 Å². The largest absolute Gasteiger partial charge is 0.481 e. The van der Waals surface area contributed by atoms with Crippen molar-refractivity contribution in [3.63, 3.8) is 0 Å². The molecule has 2 atom stereocenters. The lowest BCUT2D eigenvalue weighted by Gasteiger charge is -2.19. The minimum Gasteiger partial charge on any atom is -0.481 e. The Kier molecular flexibility index (Phi) is 16.7. The fraction of sp³-hybridized carbons (Fsp3) is 0.947. The Morgan fingerprint density at radius 3 is 2.00 bits per heavy atom. The minimum absolute atomic E-state index is 0.136. The normalized spacial score (nSPS) is 13.8. The molecule has 0 radical (unpaired) electrons. The molecule has 144 valence electrons. The lowest BCUT2D eigenvalue weighted by molar-refractivity contribution is -0.137. The smallest absolute Gasteiger partial charge is 0.303 e. The maximum absolute atomic E-state index is 10.5. The average Bonchev–Trinajstić information content (AvgIpc) is 2.57. The number of rotatable bonds is 18. The van der Waals surface area contributed by atoms with E-state index in [0.717, 1.165) is 44.9 Å². The maximum Gasteiger partial charge on any atom is 0.303 e. The predicted octanol–water partition coefficient (Wildman–Crippen LogP) is 3.90. The van der Waals surface area contributed by atoms with Crippen molar-refractivity contribution in [1.82, 2.24) is 0 Å². The summed E-state index contributed by atoms with van der Waals surface area (Å²) in [7, 11) is 0. The highest BCUT2D eigenvalue weighted by atomic mass is 16.5. The topological polar surface area (TPSA) is 87.0 Å². The number of aliphatic carboxylic acids is 1. The molecule has 5 heteroatoms. The van der Waals surface area contributed by atoms with E-state index < -0.39 is 12.1 Å². The molecule has 0 fully saturated rings. The van der Waals surface area contributed by atoms with Gasteiger partial charge in [-0.15, -0.1) is 0 Å². The van der Waals surface area contributed by atoms with Crippen LogP contribution in [0.3, 0.4) is 0 Å². The van der Waals surface area contributed by atoms with E-state index in [1.807, 2.05) is 0 Å². The van der Waals surface area contributed by atoms with Gasteiger partial charge in [-0.25, -0.2) is 0 Å². The first-order valence-corrected chi connectivity index (χ1v) is 9.72. The second-order valence-corrected chi connectivity index (χ2v) is 6.69. The first kappa shape index (κ1) is 23.4. The van der Waals surface area contributed by atoms with Crippen LogP contribution in [0.5, 0.6) is 0 Å². The van der Waals surface area contributed by atoms with Gasteiger partial charge in [0.25, 0.3) is 0 Å². The van der Waals surface area contributed by atoms with E-state index in [9.17, 15) is 9.90 Å². The van der Waals surface area contributed by atoms with E-state index in [0.29, 0.717) is 0 Å². The van der Waals surface area contributed by atoms with Crippen molar-refractivity contribution in [3.8, 4) is 0 Å². The summed E-state index contributed by atoms with van der Waals surface area (Å²) in [6.07, 6.45) is 12.8. The highest BCUT2D eigenvalue weighted by Crippen LogP contribution is 2.16. The van der Waals surface area contributed by atoms with Crippen LogP contribution in [-0.2, 0) is 9.53 Å². The zero-order chi connectivity index (χ0) is 18.0. The van der Waals surface area contributed by atoms with Crippen molar-refractivity contribution in [1.29, 1.82) is 0 Å². The molecule has 24 heavy (non-hydrogen) atoms. The molecule has 5 nitrogen and oxygen atoms in total. The third kappa shape index (κ3) is 16.2. The summed E-state index contributed by atoms with van der Waals surface area (Å²) in [4.78, 5) is 10.5. The van der Waals surface area contributed by atoms with Crippen molar-refractivity contribution < 1.29 is 24.9 Å². The molecule has 0 bridgehead atoms. The second-order valence-electron chi connectivity index (χ2n) is 6.69. The van der Waals surface area contributed by atoms with Crippen molar-refractivity contribution in [2.75, 3.05) is 13.2 Å². The summed E-state index contributed by atoms with van der Waals surface area (Å²) in [5.74, 6) is -0.725. The number of hydrogen-bond acceptors (Lipinski definition) is 4. The van der Waals surface area contributed by atoms with Gasteiger partial charge in [-0.05, 0) is 19.3 Å². The van der Waals surface area contributed by atoms with Crippen LogP contribution in [0.1, 0.15) is 90.4 Å². The number of aliphatic hydroxyl groups is 2. The van der Waals surface area contributed by atoms with Crippen LogP contribution in [-0.4, -0.2) is 46.7 Å². The van der Waals surface area contributed by atoms with Crippen LogP contribution in [0, 0.1) is 0 Å². The lowest BCUT2D eigenvalue weighted by atomic mass is 10.0. The molecule has 2 unspecified atom stereocenters. The van der Waals surface area contributed by atoms with E-state index in [4.69, 9.17) is 14.9 Å². The van der Waals surface area contributed by atoms with Gasteiger partial charge in [0, 0.05) is 6.42 Å². The fourth-order valence-corrected chi connectivity index (χ4v) is 2.76. The minimum atomic E-state index is -0.798. The molecule has 0 heterocycles. The molecule has 0 aliphatic carbocycles. The summed E-state index contributed by atoms with van der Waals surface area (Å²) in [5.41, 5.74) is 0. The summed E-state index contributed by atoms with van der Waals surface area (Å²) in [5, 5.41) is 26.9. The zero-order valence-electron chi connectivity index (χ0n) is 15.4. The summed E-state index contributed by atoms with van der Waals surface area (Å²) in [6, 6.07) is 0. The van der Waals surface area contributed by atoms with E-state index in [1.54, 1.807) is 0 Å². The molecule has 0 saturated heterocycles. The number of carboxylic acids is 1. The van der Waals surface area contributed by atoms with E-state index >= 15 is 0 Å². The Morgan fingerprint density at radius 2 is 1.46 bits per heavy atom. The molecule has 3 N–H and O–H groups in total. The zero-order valence-corrected chi connectivity index (χ0v) is 15.4. The van der Waals surface area contributed by atoms with Crippen molar-refractivity contribution in [2.24, 2.45) is 0 Å². The molecule has 0 aromatic heterocycles. The van der Waals surface area contributed by atoms with E-state index in [1.165, 1.54) is 32.1 Å². The Balaban J connectivity index is 3.84. The van der Waals surface area contributed by atoms with Gasteiger partial charge in [0.1, 0.15) is 6.10 Å². The standard InChI is InChI=1S/C19H38O5/c1-2-3-4-5-6-9-12-18(24-16-17(21)15-20)13-10-7-8-11-14-19(22)23/h17-18,20-21H,2-16H2,1H3,(H,22,23). The van der Waals surface area contributed by atoms with Crippen LogP contribution in [0.25, 0.3) is 0 Å². The van der Waals surface area contributed by atoms with Crippen LogP contribution >= 0.6 is 0 Å². The third-order valence-electron chi connectivity index (χ3n) is 4.28. The van der Waals surface area contributed by atoms with E-state index in [-0.39, 0.29) is 25.7 Å². The molecular formula is C19H38O5. The number of hydrogen-bond donors (Lipinski definition) is 3. The lowest BCUT2D eigenvalue weighted by Crippen LogP contribution is -2.24. The van der Waals surface area contributed by atoms with Gasteiger partial charge in [0.05, 0.1) is 19.3 Å². The average molecular weight is 347 g/mol. The van der Waals surface area contributed by atoms with Crippen LogP contribution in [0.2, 0.25) is 0 Å². The van der Waals surface area contributed by atoms with Crippen molar-refractivity contribution in [3.05, 3.63) is 0 Å². The summed E-state index contributed by atoms with van der Waals surface area (Å²) >= 11 is 0. The Morgan fingerprint density at radius 1 is 0.917 bits per heavy atom. The third-order valence-corrected chi connectivity index (χ3v) is 4.28. The maximum atomic E-state index is 10.5. The number of carboxylic acid groups (broad SMARTS) is 1. The number of carbonyl (C=O) groups is 1. The first-order chi connectivity index (χ1) is 11.6. The quantitative estimate of drug-likeness (QED) is 0.328. The Bertz CT molecular complexity index is 283. The van der Waals surface area contributed by atoms with Crippen LogP contribution < -0.4 is 0 Å². The monoisotopic (exact) mass is 346 g/mol. The fourth-order valence-electron chi connectivity index (χ4n) is 2.76. The number of aliphatic hydroxyl groups excluding tert-OH is 2. The van der Waals surface area contributed by atoms with Gasteiger partial charge in [0.2, 0.25) is 0 Å². The Labute approximate surface area is 147 Å². The van der Waals surface area contributed by atoms with Crippen molar-refractivity contribution in [2.45, 2.75) is 103 Å². The first-order valence-electron chi connectivity index (χ1n) is 9.72. The number of ether oxygens (including phenoxy) is 1. The SMILES string of the molecule is CCCCCCCCC(CCCCCCC(=O)O)OCC(O)CO. The van der Waals surface area contributed by atoms with Gasteiger partial charge in [-0.2, -0.15) is 0 Å². The molecule has 0 amide bonds. The molecule has 0 spiro atoms. The Hall–Kier alpha value is -0.650. The predicted molar refractivity (Wildman–Crippen MR) is 96.2 cm³/mol. The van der Waals surface area contributed by atoms with Gasteiger partial charge < -0.3 is 20.1 Å². The van der Waals surface area contributed by atoms with Crippen LogP contribution in [0.15, 0.2) is 0 Å². The highest BCUT2D eigenvalue weighted by molar-refractivity contribution is 5.66. The highest BCUT2D eigenvalue weighted by Gasteiger charge is 2.12. The van der Waals surface area contributed by atoms with Crippen molar-refractivity contribution >= 4 is 5.97 Å². The second kappa shape index (κ2) is 17.2. The molecule has 0 aliphatic heterocycles. The summed E-state index contributed by atoms with van der Waals surface area (Å²) < 4.78 is 5.76. The van der Waals surface area contributed by atoms with E-state index in [2.05, 4.69) is 6.92 Å². The molecule has 0 aromatic rings. The molecule has 0 rings (SSSR count). The summed E-state index contributed by atoms with van der Waals surface area (Å²) in [6.45, 7) is 2.14. The van der Waals surface area contributed by atoms with Gasteiger partial charge >= 0.3 is 5.97 Å². The molecular weight excluding hydrogens is 308 g/mol. The molecule has 0 aromatic carbocycles. The molecule has 0 aliphatic rings.